The maximum Gasteiger partial charge on any atom is 0.256 e. The first-order valence-corrected chi connectivity index (χ1v) is 26.9. The van der Waals surface area contributed by atoms with Crippen LogP contribution in [0.15, 0.2) is 309 Å². The van der Waals surface area contributed by atoms with Gasteiger partial charge in [0.15, 0.2) is 0 Å². The zero-order valence-electron chi connectivity index (χ0n) is 66.5. The van der Waals surface area contributed by atoms with Crippen molar-refractivity contribution in [2.45, 2.75) is 5.41 Å². The molecular weight excluding hydrogens is 1000 g/mol. The number of benzene rings is 13. The van der Waals surface area contributed by atoms with Gasteiger partial charge in [-0.05, 0) is 120 Å². The first kappa shape index (κ1) is 29.7. The van der Waals surface area contributed by atoms with Gasteiger partial charge in [0.1, 0.15) is 11.5 Å². The Morgan fingerprint density at radius 2 is 0.916 bits per heavy atom. The van der Waals surface area contributed by atoms with Crippen molar-refractivity contribution < 1.29 is 36.3 Å². The van der Waals surface area contributed by atoms with Crippen LogP contribution in [-0.4, -0.2) is 11.3 Å². The molecule has 386 valence electrons. The summed E-state index contributed by atoms with van der Waals surface area (Å²) in [4.78, 5) is 2.04. The van der Waals surface area contributed by atoms with E-state index in [1.807, 2.05) is 95.9 Å². The molecule has 0 spiro atoms. The number of hydrogen-bond acceptors (Lipinski definition) is 2. The zero-order chi connectivity index (χ0) is 74.6. The Morgan fingerprint density at radius 1 is 0.373 bits per heavy atom. The fourth-order valence-corrected chi connectivity index (χ4v) is 13.1. The number of rotatable bonds is 8. The molecule has 4 heteroatoms. The highest BCUT2D eigenvalue weighted by molar-refractivity contribution is 6.99. The number of nitrogens with zero attached hydrogens (tertiary/aromatic N) is 2. The maximum atomic E-state index is 9.98. The quantitative estimate of drug-likeness (QED) is 0.141. The molecule has 0 saturated heterocycles. The van der Waals surface area contributed by atoms with Gasteiger partial charge in [0.05, 0.1) is 53.7 Å². The average molecular weight is 1080 g/mol. The maximum absolute atomic E-state index is 9.98. The number of para-hydroxylation sites is 3. The summed E-state index contributed by atoms with van der Waals surface area (Å²) in [5.74, 6) is 0.304. The molecule has 0 fully saturated rings. The number of hydrogen-bond donors (Lipinski definition) is 0. The highest BCUT2D eigenvalue weighted by Gasteiger charge is 2.49. The molecule has 3 aliphatic rings. The van der Waals surface area contributed by atoms with Crippen LogP contribution >= 0.6 is 0 Å². The van der Waals surface area contributed by atoms with Gasteiger partial charge in [-0.1, -0.05) is 266 Å². The van der Waals surface area contributed by atoms with Crippen LogP contribution in [0.1, 0.15) is 53.8 Å². The molecule has 17 rings (SSSR count). The number of fused-ring (bicyclic) bond motifs is 10. The van der Waals surface area contributed by atoms with Crippen LogP contribution in [-0.2, 0) is 5.41 Å². The molecule has 13 aromatic carbocycles. The van der Waals surface area contributed by atoms with E-state index in [1.54, 1.807) is 78.9 Å². The van der Waals surface area contributed by atoms with E-state index in [0.29, 0.717) is 61.3 Å². The van der Waals surface area contributed by atoms with Crippen molar-refractivity contribution in [2.75, 3.05) is 4.90 Å². The van der Waals surface area contributed by atoms with E-state index in [9.17, 15) is 19.2 Å². The molecule has 14 aromatic rings. The number of aromatic nitrogens is 1. The molecule has 1 aromatic heterocycles. The lowest BCUT2D eigenvalue weighted by Crippen LogP contribution is -2.59. The van der Waals surface area contributed by atoms with E-state index in [4.69, 9.17) is 17.1 Å². The molecule has 0 N–H and O–H groups in total. The van der Waals surface area contributed by atoms with Crippen molar-refractivity contribution in [3.63, 3.8) is 0 Å². The molecule has 3 nitrogen and oxygen atoms in total. The van der Waals surface area contributed by atoms with Crippen molar-refractivity contribution in [2.24, 2.45) is 0 Å². The Kier molecular flexibility index (Phi) is 6.69. The fraction of sp³-hybridized carbons (Fsp3) is 0.0127. The lowest BCUT2D eigenvalue weighted by atomic mass is 9.34. The third kappa shape index (κ3) is 7.06. The summed E-state index contributed by atoms with van der Waals surface area (Å²) in [6.45, 7) is -0.893. The summed E-state index contributed by atoms with van der Waals surface area (Å²) < 4.78 is 222. The summed E-state index contributed by atoms with van der Waals surface area (Å²) in [7, 11) is 0. The van der Waals surface area contributed by atoms with E-state index >= 15 is 0 Å². The van der Waals surface area contributed by atoms with Gasteiger partial charge in [-0.25, -0.2) is 0 Å². The molecule has 0 atom stereocenters. The molecule has 0 unspecified atom stereocenters. The normalized spacial score (nSPS) is 17.1. The summed E-state index contributed by atoms with van der Waals surface area (Å²) >= 11 is 0. The lowest BCUT2D eigenvalue weighted by Gasteiger charge is -2.42. The minimum atomic E-state index is -2.35. The van der Waals surface area contributed by atoms with Crippen LogP contribution in [0.5, 0.6) is 11.5 Å². The molecule has 0 saturated carbocycles. The van der Waals surface area contributed by atoms with Crippen molar-refractivity contribution in [3.05, 3.63) is 331 Å². The highest BCUT2D eigenvalue weighted by atomic mass is 16.5. The van der Waals surface area contributed by atoms with E-state index in [-0.39, 0.29) is 66.8 Å². The van der Waals surface area contributed by atoms with Gasteiger partial charge >= 0.3 is 0 Å². The summed E-state index contributed by atoms with van der Waals surface area (Å²) in [6, 6.07) is 36.4. The van der Waals surface area contributed by atoms with Gasteiger partial charge in [-0.3, -0.25) is 0 Å². The van der Waals surface area contributed by atoms with Crippen LogP contribution in [0.4, 0.5) is 17.1 Å². The summed E-state index contributed by atoms with van der Waals surface area (Å²) in [5.41, 5.74) is 4.55. The molecule has 2 aliphatic heterocycles. The van der Waals surface area contributed by atoms with Crippen LogP contribution in [0.3, 0.4) is 0 Å². The second-order valence-electron chi connectivity index (χ2n) is 20.5. The monoisotopic (exact) mass is 1080 g/mol. The lowest BCUT2D eigenvalue weighted by molar-refractivity contribution is 0.487. The Labute approximate surface area is 515 Å². The van der Waals surface area contributed by atoms with E-state index in [1.165, 1.54) is 4.57 Å². The van der Waals surface area contributed by atoms with Crippen LogP contribution in [0.2, 0.25) is 0 Å². The molecule has 3 heterocycles. The number of anilines is 3. The predicted molar refractivity (Wildman–Crippen MR) is 346 cm³/mol. The van der Waals surface area contributed by atoms with E-state index < -0.39 is 162 Å². The largest absolute Gasteiger partial charge is 0.458 e. The molecule has 83 heavy (non-hydrogen) atoms. The summed E-state index contributed by atoms with van der Waals surface area (Å²) in [6.07, 6.45) is 0. The Morgan fingerprint density at radius 3 is 1.58 bits per heavy atom. The van der Waals surface area contributed by atoms with Gasteiger partial charge < -0.3 is 14.2 Å². The topological polar surface area (TPSA) is 17.4 Å². The Balaban J connectivity index is 1.05. The van der Waals surface area contributed by atoms with E-state index in [0.717, 1.165) is 11.1 Å². The summed E-state index contributed by atoms with van der Waals surface area (Å²) in [5, 5.41) is -0.317. The van der Waals surface area contributed by atoms with Crippen molar-refractivity contribution in [3.8, 4) is 72.8 Å². The van der Waals surface area contributed by atoms with Gasteiger partial charge in [0.25, 0.3) is 6.71 Å². The van der Waals surface area contributed by atoms with Gasteiger partial charge in [0, 0.05) is 45.0 Å². The first-order chi connectivity index (χ1) is 50.7. The third-order valence-electron chi connectivity index (χ3n) is 16.4. The van der Waals surface area contributed by atoms with Crippen molar-refractivity contribution >= 4 is 62.0 Å². The SMILES string of the molecule is [2H]c1c([2H])c([2H])c(-c2ccc3c(c2)N(c2c(-c4ccccc4)cccc2-c2ccccc2)c2cc(-c4cccc5c4C(c4c([2H])c([2H])c([2H])c([2H])c4[2H])(c4c([2H])c([2H])c([2H])c([2H])c4[2H])c4ccccc4-5)cc4c2B3c2ccc(-n3c5c([2H])c([2H])c([2H])c([2H])c5c5c([2H])c([2H])c([2H])c([2H])c53)cc2O4)c([2H])c1[2H]. The Hall–Kier alpha value is -10.7. The highest BCUT2D eigenvalue weighted by Crippen LogP contribution is 2.60. The fourth-order valence-electron chi connectivity index (χ4n) is 13.1. The van der Waals surface area contributed by atoms with Crippen LogP contribution < -0.4 is 26.0 Å². The van der Waals surface area contributed by atoms with Crippen LogP contribution in [0.25, 0.3) is 83.1 Å². The number of ether oxygens (including phenoxy) is 1. The first-order valence-electron chi connectivity index (χ1n) is 38.4. The minimum Gasteiger partial charge on any atom is -0.458 e. The van der Waals surface area contributed by atoms with Gasteiger partial charge in [0.2, 0.25) is 0 Å². The smallest absolute Gasteiger partial charge is 0.256 e. The minimum absolute atomic E-state index is 0.108. The predicted octanol–water partition coefficient (Wildman–Crippen LogP) is 18.2. The molecule has 0 amide bonds. The van der Waals surface area contributed by atoms with Gasteiger partial charge in [-0.15, -0.1) is 0 Å². The third-order valence-corrected chi connectivity index (χ3v) is 16.4. The van der Waals surface area contributed by atoms with Gasteiger partial charge in [-0.2, -0.15) is 0 Å². The van der Waals surface area contributed by atoms with E-state index in [2.05, 4.69) is 0 Å². The van der Waals surface area contributed by atoms with Crippen molar-refractivity contribution in [1.29, 1.82) is 0 Å². The second-order valence-corrected chi connectivity index (χ2v) is 20.5. The Bertz CT molecular complexity index is 6030. The molecular formula is C79H51BN2O. The second kappa shape index (κ2) is 18.7. The zero-order valence-corrected chi connectivity index (χ0v) is 43.5. The van der Waals surface area contributed by atoms with Crippen LogP contribution in [0, 0.1) is 0 Å². The van der Waals surface area contributed by atoms with Crippen molar-refractivity contribution in [1.82, 2.24) is 4.57 Å². The molecule has 0 radical (unpaired) electrons. The standard InChI is InChI=1S/C79H51BN2O/c1-6-24-52(25-7-1)55-44-46-68-72(48-55)82(78-61(53-26-8-2-9-27-53)38-23-39-62(78)54-28-10-3-11-29-54)73-49-56(60-37-22-40-66-63-34-16-19-41-67(63)79(76(60)66,57-30-12-4-13-31-57)58-32-14-5-15-33-58)50-75-77(73)80(68)69-47-45-59(51-74(69)83-75)81-70-42-20-17-35-64(70)65-36-18-21-43-71(65)81/h1-51H/i1D,4D,5D,6D,7D,12D,13D,14D,15D,17D,18D,20D,21D,24D,25D,30D,31D,32D,33D,35D,36D,42D,43D. The molecule has 0 bridgehead atoms. The molecule has 1 aliphatic carbocycles. The average Bonchev–Trinajstić information content (AvgIpc) is 1.45.